The lowest BCUT2D eigenvalue weighted by Crippen LogP contribution is -2.46. The van der Waals surface area contributed by atoms with E-state index in [0.717, 1.165) is 17.1 Å². The summed E-state index contributed by atoms with van der Waals surface area (Å²) in [6, 6.07) is 5.50. The second-order valence-electron chi connectivity index (χ2n) is 6.32. The molecule has 5 nitrogen and oxygen atoms in total. The van der Waals surface area contributed by atoms with Crippen LogP contribution in [-0.2, 0) is 0 Å². The van der Waals surface area contributed by atoms with Gasteiger partial charge in [0, 0.05) is 11.1 Å². The lowest BCUT2D eigenvalue weighted by atomic mass is 9.97. The molecule has 1 aromatic carbocycles. The third-order valence-corrected chi connectivity index (χ3v) is 3.88. The maximum atomic E-state index is 12.3. The topological polar surface area (TPSA) is 50.8 Å². The number of nitrogens with zero attached hydrogens (tertiary/aromatic N) is 1. The summed E-state index contributed by atoms with van der Waals surface area (Å²) in [4.78, 5) is 14.2. The van der Waals surface area contributed by atoms with Crippen LogP contribution in [0.1, 0.15) is 39.3 Å². The molecule has 2 atom stereocenters. The van der Waals surface area contributed by atoms with Gasteiger partial charge in [-0.25, -0.2) is 4.79 Å². The number of amides is 2. The number of rotatable bonds is 3. The van der Waals surface area contributed by atoms with E-state index in [0.29, 0.717) is 0 Å². The molecule has 1 aliphatic rings. The highest BCUT2D eigenvalue weighted by atomic mass is 16.5. The third kappa shape index (κ3) is 2.77. The lowest BCUT2D eigenvalue weighted by molar-refractivity contribution is 0.141. The SMILES string of the molecule is COc1ccc(OC)c([C@@H]2NC(=O)N(C(C)(C)C)[C@@H]2C)c1. The highest BCUT2D eigenvalue weighted by Gasteiger charge is 2.43. The van der Waals surface area contributed by atoms with Gasteiger partial charge < -0.3 is 19.7 Å². The van der Waals surface area contributed by atoms with Gasteiger partial charge in [-0.05, 0) is 45.9 Å². The van der Waals surface area contributed by atoms with E-state index in [-0.39, 0.29) is 23.7 Å². The quantitative estimate of drug-likeness (QED) is 0.932. The van der Waals surface area contributed by atoms with E-state index in [4.69, 9.17) is 9.47 Å². The first-order valence-electron chi connectivity index (χ1n) is 7.11. The first-order chi connectivity index (χ1) is 9.79. The summed E-state index contributed by atoms with van der Waals surface area (Å²) in [6.07, 6.45) is 0. The molecule has 1 N–H and O–H groups in total. The number of benzene rings is 1. The van der Waals surface area contributed by atoms with Crippen molar-refractivity contribution in [3.8, 4) is 11.5 Å². The number of carbonyl (C=O) groups excluding carboxylic acids is 1. The van der Waals surface area contributed by atoms with Crippen molar-refractivity contribution in [2.24, 2.45) is 0 Å². The van der Waals surface area contributed by atoms with Crippen molar-refractivity contribution in [2.45, 2.75) is 45.3 Å². The molecule has 1 fully saturated rings. The Balaban J connectivity index is 2.41. The van der Waals surface area contributed by atoms with Gasteiger partial charge in [-0.3, -0.25) is 0 Å². The number of urea groups is 1. The van der Waals surface area contributed by atoms with Gasteiger partial charge in [0.25, 0.3) is 0 Å². The van der Waals surface area contributed by atoms with Crippen molar-refractivity contribution in [2.75, 3.05) is 14.2 Å². The summed E-state index contributed by atoms with van der Waals surface area (Å²) < 4.78 is 10.7. The minimum absolute atomic E-state index is 0.0264. The molecule has 1 heterocycles. The van der Waals surface area contributed by atoms with E-state index in [2.05, 4.69) is 5.32 Å². The van der Waals surface area contributed by atoms with Crippen LogP contribution in [-0.4, -0.2) is 36.7 Å². The average molecular weight is 292 g/mol. The Bertz CT molecular complexity index is 537. The second kappa shape index (κ2) is 5.47. The van der Waals surface area contributed by atoms with Gasteiger partial charge in [-0.1, -0.05) is 0 Å². The number of hydrogen-bond acceptors (Lipinski definition) is 3. The summed E-state index contributed by atoms with van der Waals surface area (Å²) in [6.45, 7) is 8.16. The van der Waals surface area contributed by atoms with E-state index in [1.807, 2.05) is 50.8 Å². The Kier molecular flexibility index (Phi) is 4.03. The number of methoxy groups -OCH3 is 2. The molecular weight excluding hydrogens is 268 g/mol. The minimum Gasteiger partial charge on any atom is -0.497 e. The summed E-state index contributed by atoms with van der Waals surface area (Å²) in [5.41, 5.74) is 0.703. The van der Waals surface area contributed by atoms with Gasteiger partial charge in [0.05, 0.1) is 26.3 Å². The number of ether oxygens (including phenoxy) is 2. The fourth-order valence-electron chi connectivity index (χ4n) is 2.99. The summed E-state index contributed by atoms with van der Waals surface area (Å²) in [5.74, 6) is 1.50. The summed E-state index contributed by atoms with van der Waals surface area (Å²) in [5, 5.41) is 3.05. The molecule has 116 valence electrons. The number of carbonyl (C=O) groups is 1. The van der Waals surface area contributed by atoms with E-state index in [1.165, 1.54) is 0 Å². The first kappa shape index (κ1) is 15.5. The summed E-state index contributed by atoms with van der Waals surface area (Å²) >= 11 is 0. The summed E-state index contributed by atoms with van der Waals surface area (Å²) in [7, 11) is 3.26. The molecule has 0 spiro atoms. The average Bonchev–Trinajstić information content (AvgIpc) is 2.72. The molecule has 1 aromatic rings. The standard InChI is InChI=1S/C16H24N2O3/c1-10-14(17-15(19)18(10)16(2,3)4)12-9-11(20-5)7-8-13(12)21-6/h7-10,14H,1-6H3,(H,17,19)/t10-,14-/m1/s1. The third-order valence-electron chi connectivity index (χ3n) is 3.88. The van der Waals surface area contributed by atoms with E-state index < -0.39 is 0 Å². The van der Waals surface area contributed by atoms with Gasteiger partial charge in [-0.2, -0.15) is 0 Å². The fraction of sp³-hybridized carbons (Fsp3) is 0.562. The Morgan fingerprint density at radius 3 is 2.33 bits per heavy atom. The van der Waals surface area contributed by atoms with Gasteiger partial charge in [-0.15, -0.1) is 0 Å². The zero-order chi connectivity index (χ0) is 15.8. The second-order valence-corrected chi connectivity index (χ2v) is 6.32. The van der Waals surface area contributed by atoms with Gasteiger partial charge in [0.1, 0.15) is 11.5 Å². The maximum Gasteiger partial charge on any atom is 0.318 e. The van der Waals surface area contributed by atoms with Crippen molar-refractivity contribution in [1.82, 2.24) is 10.2 Å². The maximum absolute atomic E-state index is 12.3. The Morgan fingerprint density at radius 1 is 1.19 bits per heavy atom. The van der Waals surface area contributed by atoms with E-state index in [1.54, 1.807) is 14.2 Å². The van der Waals surface area contributed by atoms with Crippen molar-refractivity contribution < 1.29 is 14.3 Å². The Labute approximate surface area is 126 Å². The van der Waals surface area contributed by atoms with Crippen LogP contribution in [0.5, 0.6) is 11.5 Å². The van der Waals surface area contributed by atoms with Crippen LogP contribution >= 0.6 is 0 Å². The molecule has 1 saturated heterocycles. The van der Waals surface area contributed by atoms with Crippen molar-refractivity contribution in [3.63, 3.8) is 0 Å². The van der Waals surface area contributed by atoms with Crippen LogP contribution in [0.25, 0.3) is 0 Å². The number of nitrogens with one attached hydrogen (secondary N) is 1. The van der Waals surface area contributed by atoms with E-state index >= 15 is 0 Å². The predicted octanol–water partition coefficient (Wildman–Crippen LogP) is 2.96. The molecular formula is C16H24N2O3. The molecule has 2 amide bonds. The minimum atomic E-state index is -0.232. The molecule has 5 heteroatoms. The monoisotopic (exact) mass is 292 g/mol. The fourth-order valence-corrected chi connectivity index (χ4v) is 2.99. The smallest absolute Gasteiger partial charge is 0.318 e. The Morgan fingerprint density at radius 2 is 1.86 bits per heavy atom. The molecule has 0 aliphatic carbocycles. The van der Waals surface area contributed by atoms with Crippen molar-refractivity contribution in [3.05, 3.63) is 23.8 Å². The zero-order valence-electron chi connectivity index (χ0n) is 13.6. The molecule has 0 radical (unpaired) electrons. The van der Waals surface area contributed by atoms with Crippen LogP contribution in [0.4, 0.5) is 4.79 Å². The van der Waals surface area contributed by atoms with Gasteiger partial charge >= 0.3 is 6.03 Å². The lowest BCUT2D eigenvalue weighted by Gasteiger charge is -2.35. The predicted molar refractivity (Wildman–Crippen MR) is 81.9 cm³/mol. The van der Waals surface area contributed by atoms with Crippen LogP contribution in [0.2, 0.25) is 0 Å². The van der Waals surface area contributed by atoms with Crippen LogP contribution in [0, 0.1) is 0 Å². The molecule has 1 aliphatic heterocycles. The Hall–Kier alpha value is -1.91. The van der Waals surface area contributed by atoms with Crippen LogP contribution in [0.15, 0.2) is 18.2 Å². The highest BCUT2D eigenvalue weighted by molar-refractivity contribution is 5.79. The molecule has 21 heavy (non-hydrogen) atoms. The van der Waals surface area contributed by atoms with Crippen LogP contribution < -0.4 is 14.8 Å². The van der Waals surface area contributed by atoms with Crippen LogP contribution in [0.3, 0.4) is 0 Å². The van der Waals surface area contributed by atoms with Gasteiger partial charge in [0.2, 0.25) is 0 Å². The number of hydrogen-bond donors (Lipinski definition) is 1. The van der Waals surface area contributed by atoms with Crippen molar-refractivity contribution in [1.29, 1.82) is 0 Å². The first-order valence-corrected chi connectivity index (χ1v) is 7.11. The molecule has 2 rings (SSSR count). The van der Waals surface area contributed by atoms with Crippen molar-refractivity contribution >= 4 is 6.03 Å². The highest BCUT2D eigenvalue weighted by Crippen LogP contribution is 2.37. The van der Waals surface area contributed by atoms with Gasteiger partial charge in [0.15, 0.2) is 0 Å². The normalized spacial score (nSPS) is 22.2. The molecule has 0 aromatic heterocycles. The molecule has 0 bridgehead atoms. The largest absolute Gasteiger partial charge is 0.497 e. The van der Waals surface area contributed by atoms with E-state index in [9.17, 15) is 4.79 Å². The molecule has 0 unspecified atom stereocenters. The molecule has 0 saturated carbocycles. The zero-order valence-corrected chi connectivity index (χ0v) is 13.6.